The maximum Gasteiger partial charge on any atom is 0.0753 e. The van der Waals surface area contributed by atoms with E-state index in [1.165, 1.54) is 0 Å². The second-order valence-corrected chi connectivity index (χ2v) is 8.12. The van der Waals surface area contributed by atoms with E-state index in [9.17, 15) is 15.3 Å². The molecule has 6 atom stereocenters. The molecule has 0 aromatic carbocycles. The topological polar surface area (TPSA) is 60.7 Å². The fourth-order valence-corrected chi connectivity index (χ4v) is 4.29. The number of halogens is 1. The van der Waals surface area contributed by atoms with E-state index >= 15 is 0 Å². The Morgan fingerprint density at radius 3 is 2.82 bits per heavy atom. The van der Waals surface area contributed by atoms with Gasteiger partial charge in [-0.25, -0.2) is 0 Å². The summed E-state index contributed by atoms with van der Waals surface area (Å²) in [5.74, 6) is 0.502. The van der Waals surface area contributed by atoms with E-state index in [0.717, 1.165) is 50.5 Å². The number of fused-ring (bicyclic) bond motifs is 1. The molecule has 2 aliphatic carbocycles. The van der Waals surface area contributed by atoms with Gasteiger partial charge in [-0.2, -0.15) is 0 Å². The summed E-state index contributed by atoms with van der Waals surface area (Å²) in [6.45, 7) is 4.18. The van der Waals surface area contributed by atoms with E-state index < -0.39 is 6.10 Å². The molecule has 0 saturated heterocycles. The van der Waals surface area contributed by atoms with Crippen LogP contribution in [0.3, 0.4) is 0 Å². The standard InChI is InChI=1S/C18H31ClO3/c1-3-12(2)16(21)6-4-5-13-11-18(19)8-7-15(20)9-14(18)10-17(13)22/h10,12-13,15-17,20-22H,3-9,11H2,1-2H3/t12?,13?,15-,16-,17-,18-/m0/s1. The van der Waals surface area contributed by atoms with Gasteiger partial charge in [0.1, 0.15) is 0 Å². The molecule has 128 valence electrons. The van der Waals surface area contributed by atoms with Crippen LogP contribution in [0.5, 0.6) is 0 Å². The Morgan fingerprint density at radius 1 is 1.41 bits per heavy atom. The van der Waals surface area contributed by atoms with Gasteiger partial charge in [0.25, 0.3) is 0 Å². The van der Waals surface area contributed by atoms with Crippen molar-refractivity contribution in [2.24, 2.45) is 11.8 Å². The van der Waals surface area contributed by atoms with Gasteiger partial charge in [-0.3, -0.25) is 0 Å². The van der Waals surface area contributed by atoms with Crippen molar-refractivity contribution < 1.29 is 15.3 Å². The number of aliphatic hydroxyl groups excluding tert-OH is 3. The van der Waals surface area contributed by atoms with E-state index in [1.54, 1.807) is 0 Å². The van der Waals surface area contributed by atoms with Crippen LogP contribution in [0.4, 0.5) is 0 Å². The summed E-state index contributed by atoms with van der Waals surface area (Å²) >= 11 is 6.78. The molecule has 2 aliphatic rings. The van der Waals surface area contributed by atoms with Crippen molar-refractivity contribution in [1.82, 2.24) is 0 Å². The molecule has 4 heteroatoms. The first kappa shape index (κ1) is 18.3. The summed E-state index contributed by atoms with van der Waals surface area (Å²) in [4.78, 5) is -0.363. The lowest BCUT2D eigenvalue weighted by atomic mass is 9.70. The van der Waals surface area contributed by atoms with E-state index in [1.807, 2.05) is 6.08 Å². The minimum atomic E-state index is -0.465. The molecule has 2 rings (SSSR count). The maximum absolute atomic E-state index is 10.3. The monoisotopic (exact) mass is 330 g/mol. The molecule has 0 aromatic rings. The Labute approximate surface area is 139 Å². The van der Waals surface area contributed by atoms with Gasteiger partial charge in [-0.15, -0.1) is 11.6 Å². The average molecular weight is 331 g/mol. The van der Waals surface area contributed by atoms with E-state index in [-0.39, 0.29) is 23.0 Å². The van der Waals surface area contributed by atoms with E-state index in [2.05, 4.69) is 13.8 Å². The molecule has 0 bridgehead atoms. The third-order valence-corrected chi connectivity index (χ3v) is 6.31. The first-order chi connectivity index (χ1) is 10.4. The van der Waals surface area contributed by atoms with Crippen LogP contribution in [0.1, 0.15) is 65.2 Å². The van der Waals surface area contributed by atoms with Crippen molar-refractivity contribution in [3.8, 4) is 0 Å². The molecule has 0 amide bonds. The first-order valence-corrected chi connectivity index (χ1v) is 9.17. The van der Waals surface area contributed by atoms with Crippen molar-refractivity contribution in [3.05, 3.63) is 11.6 Å². The average Bonchev–Trinajstić information content (AvgIpc) is 2.48. The molecule has 0 aromatic heterocycles. The number of hydrogen-bond donors (Lipinski definition) is 3. The summed E-state index contributed by atoms with van der Waals surface area (Å²) < 4.78 is 0. The lowest BCUT2D eigenvalue weighted by molar-refractivity contribution is 0.0797. The highest BCUT2D eigenvalue weighted by Crippen LogP contribution is 2.48. The van der Waals surface area contributed by atoms with Gasteiger partial charge >= 0.3 is 0 Å². The van der Waals surface area contributed by atoms with Crippen LogP contribution in [0.25, 0.3) is 0 Å². The van der Waals surface area contributed by atoms with Gasteiger partial charge in [-0.05, 0) is 55.9 Å². The number of alkyl halides is 1. The largest absolute Gasteiger partial charge is 0.393 e. The molecule has 2 unspecified atom stereocenters. The molecule has 3 nitrogen and oxygen atoms in total. The molecule has 0 heterocycles. The summed E-state index contributed by atoms with van der Waals surface area (Å²) in [7, 11) is 0. The normalized spacial score (nSPS) is 38.1. The fourth-order valence-electron chi connectivity index (χ4n) is 3.84. The van der Waals surface area contributed by atoms with E-state index in [4.69, 9.17) is 11.6 Å². The number of rotatable bonds is 6. The molecule has 0 radical (unpaired) electrons. The first-order valence-electron chi connectivity index (χ1n) is 8.80. The summed E-state index contributed by atoms with van der Waals surface area (Å²) in [5.41, 5.74) is 1.02. The maximum atomic E-state index is 10.3. The quantitative estimate of drug-likeness (QED) is 0.517. The van der Waals surface area contributed by atoms with Gasteiger partial charge in [0.15, 0.2) is 0 Å². The minimum Gasteiger partial charge on any atom is -0.393 e. The zero-order valence-corrected chi connectivity index (χ0v) is 14.6. The van der Waals surface area contributed by atoms with Crippen LogP contribution in [-0.4, -0.2) is 38.5 Å². The molecule has 1 saturated carbocycles. The smallest absolute Gasteiger partial charge is 0.0753 e. The molecule has 1 fully saturated rings. The third-order valence-electron chi connectivity index (χ3n) is 5.72. The zero-order valence-electron chi connectivity index (χ0n) is 13.8. The lowest BCUT2D eigenvalue weighted by Crippen LogP contribution is -2.42. The highest BCUT2D eigenvalue weighted by Gasteiger charge is 2.43. The van der Waals surface area contributed by atoms with Crippen molar-refractivity contribution in [1.29, 1.82) is 0 Å². The van der Waals surface area contributed by atoms with Crippen molar-refractivity contribution in [2.45, 2.75) is 88.4 Å². The van der Waals surface area contributed by atoms with Crippen LogP contribution >= 0.6 is 11.6 Å². The van der Waals surface area contributed by atoms with Crippen LogP contribution in [0, 0.1) is 11.8 Å². The summed E-state index contributed by atoms with van der Waals surface area (Å²) in [6.07, 6.45) is 7.39. The molecular weight excluding hydrogens is 300 g/mol. The van der Waals surface area contributed by atoms with E-state index in [0.29, 0.717) is 12.3 Å². The molecule has 0 spiro atoms. The summed E-state index contributed by atoms with van der Waals surface area (Å²) in [6, 6.07) is 0. The highest BCUT2D eigenvalue weighted by molar-refractivity contribution is 6.26. The zero-order chi connectivity index (χ0) is 16.3. The molecule has 3 N–H and O–H groups in total. The third kappa shape index (κ3) is 4.25. The molecule has 22 heavy (non-hydrogen) atoms. The Kier molecular flexibility index (Phi) is 6.35. The van der Waals surface area contributed by atoms with Crippen LogP contribution in [-0.2, 0) is 0 Å². The number of hydrogen-bond acceptors (Lipinski definition) is 3. The van der Waals surface area contributed by atoms with Crippen molar-refractivity contribution in [3.63, 3.8) is 0 Å². The predicted molar refractivity (Wildman–Crippen MR) is 90.0 cm³/mol. The SMILES string of the molecule is CCC(C)[C@@H](O)CCCC1C[C@@]2(Cl)CC[C@H](O)CC2=C[C@@H]1O. The number of aliphatic hydroxyl groups is 3. The van der Waals surface area contributed by atoms with Crippen LogP contribution < -0.4 is 0 Å². The minimum absolute atomic E-state index is 0.167. The Bertz CT molecular complexity index is 398. The van der Waals surface area contributed by atoms with Gasteiger partial charge in [0.05, 0.1) is 23.2 Å². The molecule has 0 aliphatic heterocycles. The second kappa shape index (κ2) is 7.65. The second-order valence-electron chi connectivity index (χ2n) is 7.39. The van der Waals surface area contributed by atoms with Crippen LogP contribution in [0.15, 0.2) is 11.6 Å². The van der Waals surface area contributed by atoms with Gasteiger partial charge in [-0.1, -0.05) is 32.8 Å². The predicted octanol–water partition coefficient (Wildman–Crippen LogP) is 3.39. The summed E-state index contributed by atoms with van der Waals surface area (Å²) in [5, 5.41) is 30.2. The molecular formula is C18H31ClO3. The Hall–Kier alpha value is -0.0900. The lowest BCUT2D eigenvalue weighted by Gasteiger charge is -2.43. The Balaban J connectivity index is 1.88. The Morgan fingerprint density at radius 2 is 2.14 bits per heavy atom. The van der Waals surface area contributed by atoms with Gasteiger partial charge in [0.2, 0.25) is 0 Å². The van der Waals surface area contributed by atoms with Gasteiger partial charge < -0.3 is 15.3 Å². The fraction of sp³-hybridized carbons (Fsp3) is 0.889. The highest BCUT2D eigenvalue weighted by atomic mass is 35.5. The van der Waals surface area contributed by atoms with Crippen molar-refractivity contribution in [2.75, 3.05) is 0 Å². The van der Waals surface area contributed by atoms with Crippen molar-refractivity contribution >= 4 is 11.6 Å². The van der Waals surface area contributed by atoms with Gasteiger partial charge in [0, 0.05) is 0 Å². The van der Waals surface area contributed by atoms with Crippen LogP contribution in [0.2, 0.25) is 0 Å².